The first kappa shape index (κ1) is 25.1. The van der Waals surface area contributed by atoms with Crippen LogP contribution in [0.4, 0.5) is 0 Å². The van der Waals surface area contributed by atoms with Gasteiger partial charge in [-0.25, -0.2) is 4.99 Å². The molecule has 182 valence electrons. The summed E-state index contributed by atoms with van der Waals surface area (Å²) in [6.45, 7) is 13.5. The van der Waals surface area contributed by atoms with Gasteiger partial charge in [0.1, 0.15) is 11.4 Å². The van der Waals surface area contributed by atoms with Crippen molar-refractivity contribution in [1.82, 2.24) is 4.90 Å². The predicted molar refractivity (Wildman–Crippen MR) is 134 cm³/mol. The molecule has 3 aliphatic rings. The summed E-state index contributed by atoms with van der Waals surface area (Å²) in [5, 5.41) is 0. The Balaban J connectivity index is 0.000000189. The first-order valence-corrected chi connectivity index (χ1v) is 12.1. The number of nitrogens with zero attached hydrogens (tertiary/aromatic N) is 3. The highest BCUT2D eigenvalue weighted by Gasteiger charge is 2.48. The fourth-order valence-corrected chi connectivity index (χ4v) is 4.81. The number of aliphatic imine (C=N–C) groups is 2. The molecule has 0 aromatic heterocycles. The lowest BCUT2D eigenvalue weighted by atomic mass is 9.88. The summed E-state index contributed by atoms with van der Waals surface area (Å²) in [7, 11) is 0. The molecule has 4 rings (SSSR count). The number of benzene rings is 1. The molecular weight excluding hydrogens is 414 g/mol. The van der Waals surface area contributed by atoms with Gasteiger partial charge in [-0.2, -0.15) is 0 Å². The smallest absolute Gasteiger partial charge is 0.231 e. The number of guanidine groups is 1. The number of ether oxygens (including phenoxy) is 1. The molecule has 7 nitrogen and oxygen atoms in total. The van der Waals surface area contributed by atoms with Gasteiger partial charge in [-0.1, -0.05) is 45.9 Å². The number of nitrogens with two attached hydrogens (primary N) is 2. The third-order valence-corrected chi connectivity index (χ3v) is 7.46. The Hall–Kier alpha value is -2.57. The molecule has 1 aromatic carbocycles. The Morgan fingerprint density at radius 1 is 1.18 bits per heavy atom. The van der Waals surface area contributed by atoms with Crippen LogP contribution in [0.2, 0.25) is 0 Å². The van der Waals surface area contributed by atoms with Crippen molar-refractivity contribution < 1.29 is 9.53 Å². The van der Waals surface area contributed by atoms with E-state index in [1.807, 2.05) is 24.3 Å². The zero-order valence-corrected chi connectivity index (χ0v) is 21.1. The van der Waals surface area contributed by atoms with E-state index in [0.717, 1.165) is 37.1 Å². The van der Waals surface area contributed by atoms with E-state index in [0.29, 0.717) is 23.7 Å². The summed E-state index contributed by atoms with van der Waals surface area (Å²) in [6, 6.07) is 8.12. The second kappa shape index (κ2) is 9.35. The molecule has 0 saturated heterocycles. The highest BCUT2D eigenvalue weighted by molar-refractivity contribution is 5.99. The Bertz CT molecular complexity index is 917. The van der Waals surface area contributed by atoms with Crippen LogP contribution in [0.25, 0.3) is 0 Å². The molecule has 0 spiro atoms. The highest BCUT2D eigenvalue weighted by Crippen LogP contribution is 2.52. The van der Waals surface area contributed by atoms with Crippen LogP contribution in [-0.2, 0) is 4.79 Å². The van der Waals surface area contributed by atoms with Gasteiger partial charge in [0.25, 0.3) is 0 Å². The van der Waals surface area contributed by atoms with Crippen molar-refractivity contribution in [3.8, 4) is 5.75 Å². The van der Waals surface area contributed by atoms with Crippen LogP contribution in [0.5, 0.6) is 5.75 Å². The van der Waals surface area contributed by atoms with Crippen LogP contribution < -0.4 is 16.2 Å². The topological polar surface area (TPSA) is 106 Å². The molecule has 33 heavy (non-hydrogen) atoms. The van der Waals surface area contributed by atoms with Crippen LogP contribution in [-0.4, -0.2) is 40.8 Å². The minimum atomic E-state index is -0.253. The summed E-state index contributed by atoms with van der Waals surface area (Å²) >= 11 is 0. The normalized spacial score (nSPS) is 26.5. The molecule has 2 heterocycles. The molecular formula is C26H41N5O2. The maximum atomic E-state index is 12.3. The molecule has 0 radical (unpaired) electrons. The molecule has 2 atom stereocenters. The fourth-order valence-electron chi connectivity index (χ4n) is 4.81. The summed E-state index contributed by atoms with van der Waals surface area (Å²) in [4.78, 5) is 22.9. The monoisotopic (exact) mass is 455 g/mol. The van der Waals surface area contributed by atoms with Crippen LogP contribution in [0, 0.1) is 11.3 Å². The molecule has 1 aliphatic carbocycles. The predicted octanol–water partition coefficient (Wildman–Crippen LogP) is 4.41. The van der Waals surface area contributed by atoms with Crippen molar-refractivity contribution in [2.75, 3.05) is 6.54 Å². The van der Waals surface area contributed by atoms with E-state index in [-0.39, 0.29) is 23.1 Å². The van der Waals surface area contributed by atoms with E-state index in [1.165, 1.54) is 12.8 Å². The highest BCUT2D eigenvalue weighted by atomic mass is 16.5. The number of hydrogen-bond acceptors (Lipinski definition) is 5. The van der Waals surface area contributed by atoms with Gasteiger partial charge in [-0.05, 0) is 50.5 Å². The maximum Gasteiger partial charge on any atom is 0.231 e. The van der Waals surface area contributed by atoms with Gasteiger partial charge in [0.15, 0.2) is 5.96 Å². The van der Waals surface area contributed by atoms with Gasteiger partial charge in [0.05, 0.1) is 24.3 Å². The third kappa shape index (κ3) is 5.68. The number of carbonyl (C=O) groups excluding carboxylic acids is 1. The van der Waals surface area contributed by atoms with Crippen molar-refractivity contribution in [2.45, 2.75) is 90.8 Å². The largest absolute Gasteiger partial charge is 0.487 e. The van der Waals surface area contributed by atoms with Crippen LogP contribution in [0.3, 0.4) is 0 Å². The van der Waals surface area contributed by atoms with E-state index in [9.17, 15) is 4.79 Å². The minimum Gasteiger partial charge on any atom is -0.487 e. The molecule has 1 amide bonds. The standard InChI is InChI=1S/C14H25N3O.C12H16N2O/c1-5-14(6-2)8-11(18)17(12(15)16-14)9-10-7-13(10,3)4;1-12(2)7-10(14-8-13)9-5-3-4-6-11(9)15-12/h10H,5-9H2,1-4H3,(H2,15,16);3-6,8,10H,7H2,1-2H3,(H2,13,14)/t2*10-/m10/s1. The minimum absolute atomic E-state index is 0.120. The van der Waals surface area contributed by atoms with Gasteiger partial charge >= 0.3 is 0 Å². The van der Waals surface area contributed by atoms with Crippen molar-refractivity contribution in [1.29, 1.82) is 0 Å². The first-order chi connectivity index (χ1) is 15.5. The lowest BCUT2D eigenvalue weighted by molar-refractivity contribution is -0.130. The zero-order chi connectivity index (χ0) is 24.4. The second-order valence-corrected chi connectivity index (χ2v) is 10.9. The number of para-hydroxylation sites is 1. The van der Waals surface area contributed by atoms with Gasteiger partial charge in [-0.15, -0.1) is 0 Å². The van der Waals surface area contributed by atoms with Gasteiger partial charge in [-0.3, -0.25) is 14.7 Å². The number of hydrogen-bond donors (Lipinski definition) is 2. The quantitative estimate of drug-likeness (QED) is 0.506. The van der Waals surface area contributed by atoms with E-state index in [1.54, 1.807) is 4.90 Å². The number of amides is 1. The van der Waals surface area contributed by atoms with Gasteiger partial charge in [0.2, 0.25) is 5.91 Å². The van der Waals surface area contributed by atoms with Crippen molar-refractivity contribution >= 4 is 18.2 Å². The molecule has 1 saturated carbocycles. The molecule has 0 unspecified atom stereocenters. The molecule has 1 fully saturated rings. The number of carbonyl (C=O) groups is 1. The first-order valence-electron chi connectivity index (χ1n) is 12.1. The summed E-state index contributed by atoms with van der Waals surface area (Å²) in [6.07, 6.45) is 5.67. The molecule has 4 N–H and O–H groups in total. The van der Waals surface area contributed by atoms with Crippen LogP contribution >= 0.6 is 0 Å². The van der Waals surface area contributed by atoms with Crippen LogP contribution in [0.1, 0.15) is 85.3 Å². The third-order valence-electron chi connectivity index (χ3n) is 7.46. The molecule has 7 heteroatoms. The van der Waals surface area contributed by atoms with Gasteiger partial charge in [0, 0.05) is 18.5 Å². The Morgan fingerprint density at radius 2 is 1.82 bits per heavy atom. The summed E-state index contributed by atoms with van der Waals surface area (Å²) < 4.78 is 5.88. The Kier molecular flexibility index (Phi) is 7.10. The Morgan fingerprint density at radius 3 is 2.36 bits per heavy atom. The fraction of sp³-hybridized carbons (Fsp3) is 0.654. The number of fused-ring (bicyclic) bond motifs is 1. The van der Waals surface area contributed by atoms with Crippen molar-refractivity contribution in [2.24, 2.45) is 32.8 Å². The zero-order valence-electron chi connectivity index (χ0n) is 21.1. The van der Waals surface area contributed by atoms with E-state index < -0.39 is 0 Å². The van der Waals surface area contributed by atoms with Crippen molar-refractivity contribution in [3.05, 3.63) is 29.8 Å². The van der Waals surface area contributed by atoms with Crippen LogP contribution in [0.15, 0.2) is 34.3 Å². The Labute approximate surface area is 198 Å². The molecule has 2 aliphatic heterocycles. The maximum absolute atomic E-state index is 12.3. The number of rotatable bonds is 5. The average molecular weight is 456 g/mol. The van der Waals surface area contributed by atoms with E-state index in [2.05, 4.69) is 51.5 Å². The summed E-state index contributed by atoms with van der Waals surface area (Å²) in [5.41, 5.74) is 12.4. The lowest BCUT2D eigenvalue weighted by Crippen LogP contribution is -2.52. The van der Waals surface area contributed by atoms with E-state index >= 15 is 0 Å². The van der Waals surface area contributed by atoms with Crippen molar-refractivity contribution in [3.63, 3.8) is 0 Å². The molecule has 0 bridgehead atoms. The SMILES string of the molecule is CC1(C)C[C@H](N=CN)c2ccccc2O1.CCC1(CC)CC(=O)N(C[C@H]2CC2(C)C)C(N)=N1. The van der Waals surface area contributed by atoms with E-state index in [4.69, 9.17) is 16.2 Å². The second-order valence-electron chi connectivity index (χ2n) is 10.9. The molecule has 1 aromatic rings. The lowest BCUT2D eigenvalue weighted by Gasteiger charge is -2.36. The average Bonchev–Trinajstić information content (AvgIpc) is 3.36. The van der Waals surface area contributed by atoms with Gasteiger partial charge < -0.3 is 16.2 Å². The summed E-state index contributed by atoms with van der Waals surface area (Å²) in [5.74, 6) is 2.07.